The summed E-state index contributed by atoms with van der Waals surface area (Å²) in [6.45, 7) is 6.00. The SMILES string of the molecule is COc1ccc2cc(C3CCN(CC(O)COc4ccccc4C=CC(=O)N4CCN(C)CC4)CC3)ccc2c1. The van der Waals surface area contributed by atoms with Crippen molar-refractivity contribution >= 4 is 22.8 Å². The Balaban J connectivity index is 1.09. The Labute approximate surface area is 237 Å². The van der Waals surface area contributed by atoms with Crippen LogP contribution >= 0.6 is 0 Å². The van der Waals surface area contributed by atoms with Crippen LogP contribution < -0.4 is 9.47 Å². The van der Waals surface area contributed by atoms with Gasteiger partial charge in [-0.2, -0.15) is 0 Å². The normalized spacial score (nSPS) is 18.3. The van der Waals surface area contributed by atoms with Crippen LogP contribution in [0.25, 0.3) is 16.8 Å². The fraction of sp³-hybridized carbons (Fsp3) is 0.424. The van der Waals surface area contributed by atoms with Gasteiger partial charge in [0.05, 0.1) is 7.11 Å². The van der Waals surface area contributed by atoms with Gasteiger partial charge in [0.25, 0.3) is 0 Å². The molecule has 0 aromatic heterocycles. The summed E-state index contributed by atoms with van der Waals surface area (Å²) >= 11 is 0. The first-order valence-corrected chi connectivity index (χ1v) is 14.3. The summed E-state index contributed by atoms with van der Waals surface area (Å²) < 4.78 is 11.4. The number of carbonyl (C=O) groups excluding carboxylic acids is 1. The summed E-state index contributed by atoms with van der Waals surface area (Å²) in [4.78, 5) is 19.0. The predicted molar refractivity (Wildman–Crippen MR) is 160 cm³/mol. The largest absolute Gasteiger partial charge is 0.497 e. The van der Waals surface area contributed by atoms with Crippen LogP contribution in [0.3, 0.4) is 0 Å². The van der Waals surface area contributed by atoms with Gasteiger partial charge in [0, 0.05) is 44.4 Å². The lowest BCUT2D eigenvalue weighted by Gasteiger charge is -2.33. The zero-order chi connectivity index (χ0) is 27.9. The number of benzene rings is 3. The Hall–Kier alpha value is -3.39. The minimum Gasteiger partial charge on any atom is -0.497 e. The van der Waals surface area contributed by atoms with Gasteiger partial charge in [0.1, 0.15) is 24.2 Å². The van der Waals surface area contributed by atoms with E-state index < -0.39 is 6.10 Å². The number of rotatable bonds is 9. The van der Waals surface area contributed by atoms with E-state index in [4.69, 9.17) is 9.47 Å². The van der Waals surface area contributed by atoms with Crippen LogP contribution in [-0.4, -0.2) is 98.4 Å². The molecule has 1 unspecified atom stereocenters. The van der Waals surface area contributed by atoms with Gasteiger partial charge in [-0.3, -0.25) is 4.79 Å². The van der Waals surface area contributed by atoms with Crippen molar-refractivity contribution in [2.75, 3.05) is 66.6 Å². The number of fused-ring (bicyclic) bond motifs is 1. The first kappa shape index (κ1) is 28.1. The van der Waals surface area contributed by atoms with Crippen molar-refractivity contribution in [3.05, 3.63) is 77.9 Å². The van der Waals surface area contributed by atoms with Gasteiger partial charge >= 0.3 is 0 Å². The third kappa shape index (κ3) is 7.22. The molecule has 40 heavy (non-hydrogen) atoms. The Morgan fingerprint density at radius 1 is 0.975 bits per heavy atom. The number of aliphatic hydroxyl groups is 1. The van der Waals surface area contributed by atoms with Crippen molar-refractivity contribution in [3.8, 4) is 11.5 Å². The van der Waals surface area contributed by atoms with Crippen molar-refractivity contribution in [2.24, 2.45) is 0 Å². The van der Waals surface area contributed by atoms with Gasteiger partial charge in [-0.25, -0.2) is 0 Å². The van der Waals surface area contributed by atoms with Crippen LogP contribution in [0.2, 0.25) is 0 Å². The number of β-amino-alcohol motifs (C(OH)–C–C–N with tert-alkyl or cyclic N) is 1. The number of aliphatic hydroxyl groups excluding tert-OH is 1. The second-order valence-corrected chi connectivity index (χ2v) is 11.0. The average molecular weight is 544 g/mol. The lowest BCUT2D eigenvalue weighted by atomic mass is 9.88. The molecular weight excluding hydrogens is 502 g/mol. The van der Waals surface area contributed by atoms with Crippen LogP contribution in [0, 0.1) is 0 Å². The van der Waals surface area contributed by atoms with E-state index in [0.717, 1.165) is 63.4 Å². The highest BCUT2D eigenvalue weighted by molar-refractivity contribution is 5.92. The molecule has 2 fully saturated rings. The first-order valence-electron chi connectivity index (χ1n) is 14.3. The molecule has 0 saturated carbocycles. The molecule has 2 aliphatic heterocycles. The van der Waals surface area contributed by atoms with Crippen molar-refractivity contribution in [2.45, 2.75) is 24.9 Å². The van der Waals surface area contributed by atoms with E-state index in [1.165, 1.54) is 16.3 Å². The fourth-order valence-electron chi connectivity index (χ4n) is 5.65. The van der Waals surface area contributed by atoms with Gasteiger partial charge in [-0.05, 0) is 79.5 Å². The number of piperazine rings is 1. The molecule has 3 aromatic rings. The number of ether oxygens (including phenoxy) is 2. The van der Waals surface area contributed by atoms with Gasteiger partial charge in [0.2, 0.25) is 5.91 Å². The third-order valence-electron chi connectivity index (χ3n) is 8.17. The molecule has 1 atom stereocenters. The molecule has 0 radical (unpaired) electrons. The summed E-state index contributed by atoms with van der Waals surface area (Å²) in [6, 6.07) is 20.6. The number of para-hydroxylation sites is 1. The molecule has 2 aliphatic rings. The topological polar surface area (TPSA) is 65.5 Å². The summed E-state index contributed by atoms with van der Waals surface area (Å²) in [5.41, 5.74) is 2.23. The Kier molecular flexibility index (Phi) is 9.37. The Morgan fingerprint density at radius 3 is 2.48 bits per heavy atom. The lowest BCUT2D eigenvalue weighted by Crippen LogP contribution is -2.46. The minimum atomic E-state index is -0.587. The van der Waals surface area contributed by atoms with Crippen LogP contribution in [-0.2, 0) is 4.79 Å². The monoisotopic (exact) mass is 543 g/mol. The van der Waals surface area contributed by atoms with Crippen molar-refractivity contribution in [1.29, 1.82) is 0 Å². The average Bonchev–Trinajstić information content (AvgIpc) is 2.99. The summed E-state index contributed by atoms with van der Waals surface area (Å²) in [6.07, 6.45) is 5.00. The highest BCUT2D eigenvalue weighted by Gasteiger charge is 2.23. The third-order valence-corrected chi connectivity index (χ3v) is 8.17. The molecule has 7 nitrogen and oxygen atoms in total. The number of likely N-dealkylation sites (N-methyl/N-ethyl adjacent to an activating group) is 1. The molecule has 0 spiro atoms. The highest BCUT2D eigenvalue weighted by Crippen LogP contribution is 2.31. The summed E-state index contributed by atoms with van der Waals surface area (Å²) in [5, 5.41) is 13.2. The second-order valence-electron chi connectivity index (χ2n) is 11.0. The van der Waals surface area contributed by atoms with Crippen molar-refractivity contribution in [1.82, 2.24) is 14.7 Å². The van der Waals surface area contributed by atoms with E-state index in [1.807, 2.05) is 41.3 Å². The molecule has 2 saturated heterocycles. The quantitative estimate of drug-likeness (QED) is 0.407. The molecule has 212 valence electrons. The van der Waals surface area contributed by atoms with Crippen molar-refractivity contribution < 1.29 is 19.4 Å². The smallest absolute Gasteiger partial charge is 0.246 e. The number of amides is 1. The van der Waals surface area contributed by atoms with E-state index in [9.17, 15) is 9.90 Å². The molecule has 7 heteroatoms. The zero-order valence-corrected chi connectivity index (χ0v) is 23.7. The number of piperidine rings is 1. The maximum Gasteiger partial charge on any atom is 0.246 e. The standard InChI is InChI=1S/C33H41N3O4/c1-34-17-19-36(20-18-34)33(38)12-10-26-5-3-4-6-32(26)40-24-30(37)23-35-15-13-25(14-16-35)27-7-8-29-22-31(39-2)11-9-28(29)21-27/h3-12,21-22,25,30,37H,13-20,23-24H2,1-2H3. The fourth-order valence-corrected chi connectivity index (χ4v) is 5.65. The van der Waals surface area contributed by atoms with E-state index in [1.54, 1.807) is 13.2 Å². The zero-order valence-electron chi connectivity index (χ0n) is 23.7. The van der Waals surface area contributed by atoms with E-state index >= 15 is 0 Å². The number of hydrogen-bond donors (Lipinski definition) is 1. The molecule has 1 amide bonds. The molecule has 0 aliphatic carbocycles. The van der Waals surface area contributed by atoms with Crippen LogP contribution in [0.4, 0.5) is 0 Å². The number of methoxy groups -OCH3 is 1. The molecule has 3 aromatic carbocycles. The van der Waals surface area contributed by atoms with Crippen molar-refractivity contribution in [3.63, 3.8) is 0 Å². The molecule has 0 bridgehead atoms. The maximum atomic E-state index is 12.6. The maximum absolute atomic E-state index is 12.6. The van der Waals surface area contributed by atoms with Crippen LogP contribution in [0.1, 0.15) is 29.9 Å². The molecule has 5 rings (SSSR count). The summed E-state index contributed by atoms with van der Waals surface area (Å²) in [5.74, 6) is 2.11. The minimum absolute atomic E-state index is 0.0234. The number of hydrogen-bond acceptors (Lipinski definition) is 6. The molecular formula is C33H41N3O4. The number of likely N-dealkylation sites (tertiary alicyclic amines) is 1. The number of nitrogens with zero attached hydrogens (tertiary/aromatic N) is 3. The van der Waals surface area contributed by atoms with Crippen LogP contribution in [0.5, 0.6) is 11.5 Å². The van der Waals surface area contributed by atoms with Gasteiger partial charge in [-0.1, -0.05) is 42.5 Å². The van der Waals surface area contributed by atoms with E-state index in [2.05, 4.69) is 47.2 Å². The molecule has 2 heterocycles. The Bertz CT molecular complexity index is 1310. The molecule has 1 N–H and O–H groups in total. The van der Waals surface area contributed by atoms with Gasteiger partial charge in [-0.15, -0.1) is 0 Å². The number of carbonyl (C=O) groups is 1. The van der Waals surface area contributed by atoms with Crippen LogP contribution in [0.15, 0.2) is 66.7 Å². The second kappa shape index (κ2) is 13.3. The lowest BCUT2D eigenvalue weighted by molar-refractivity contribution is -0.127. The van der Waals surface area contributed by atoms with E-state index in [-0.39, 0.29) is 12.5 Å². The Morgan fingerprint density at radius 2 is 1.70 bits per heavy atom. The highest BCUT2D eigenvalue weighted by atomic mass is 16.5. The first-order chi connectivity index (χ1) is 19.5. The van der Waals surface area contributed by atoms with Gasteiger partial charge < -0.3 is 29.3 Å². The van der Waals surface area contributed by atoms with E-state index in [0.29, 0.717) is 18.2 Å². The predicted octanol–water partition coefficient (Wildman–Crippen LogP) is 4.25. The summed E-state index contributed by atoms with van der Waals surface area (Å²) in [7, 11) is 3.77. The van der Waals surface area contributed by atoms with Gasteiger partial charge in [0.15, 0.2) is 0 Å².